The molecule has 1 N–H and O–H groups in total. The first-order chi connectivity index (χ1) is 9.25. The first-order valence-electron chi connectivity index (χ1n) is 6.44. The lowest BCUT2D eigenvalue weighted by atomic mass is 10.1. The van der Waals surface area contributed by atoms with Crippen molar-refractivity contribution < 1.29 is 0 Å². The fourth-order valence-electron chi connectivity index (χ4n) is 2.49. The van der Waals surface area contributed by atoms with E-state index in [1.807, 2.05) is 6.20 Å². The highest BCUT2D eigenvalue weighted by Gasteiger charge is 2.18. The van der Waals surface area contributed by atoms with Gasteiger partial charge in [0.1, 0.15) is 5.82 Å². The van der Waals surface area contributed by atoms with Gasteiger partial charge in [0.15, 0.2) is 0 Å². The summed E-state index contributed by atoms with van der Waals surface area (Å²) in [6.45, 7) is 4.93. The van der Waals surface area contributed by atoms with Gasteiger partial charge in [-0.05, 0) is 46.1 Å². The minimum atomic E-state index is 0.919. The number of nitrogens with one attached hydrogen (secondary N) is 1. The molecule has 4 heteroatoms. The largest absolute Gasteiger partial charge is 0.325 e. The van der Waals surface area contributed by atoms with Crippen LogP contribution < -0.4 is 10.2 Å². The van der Waals surface area contributed by atoms with Crippen LogP contribution in [0.3, 0.4) is 0 Å². The highest BCUT2D eigenvalue weighted by Crippen LogP contribution is 2.31. The molecule has 3 nitrogen and oxygen atoms in total. The molecule has 0 radical (unpaired) electrons. The van der Waals surface area contributed by atoms with Crippen LogP contribution in [0, 0.1) is 6.92 Å². The fraction of sp³-hybridized carbons (Fsp3) is 0.267. The molecule has 0 bridgehead atoms. The molecule has 1 aromatic heterocycles. The lowest BCUT2D eigenvalue weighted by Gasteiger charge is -2.25. The van der Waals surface area contributed by atoms with Crippen molar-refractivity contribution >= 4 is 27.4 Å². The minimum absolute atomic E-state index is 0.919. The second-order valence-corrected chi connectivity index (χ2v) is 5.67. The Labute approximate surface area is 121 Å². The quantitative estimate of drug-likeness (QED) is 0.873. The Morgan fingerprint density at radius 3 is 3.00 bits per heavy atom. The lowest BCUT2D eigenvalue weighted by Crippen LogP contribution is -2.25. The van der Waals surface area contributed by atoms with Gasteiger partial charge in [0.05, 0.1) is 0 Å². The number of pyridine rings is 1. The topological polar surface area (TPSA) is 28.2 Å². The summed E-state index contributed by atoms with van der Waals surface area (Å²) < 4.78 is 1.02. The fourth-order valence-corrected chi connectivity index (χ4v) is 2.94. The van der Waals surface area contributed by atoms with Gasteiger partial charge in [0, 0.05) is 36.0 Å². The smallest absolute Gasteiger partial charge is 0.135 e. The SMILES string of the molecule is Cc1cc(Br)cnc1N1CCNCc2ccccc21. The molecule has 3 rings (SSSR count). The number of fused-ring (bicyclic) bond motifs is 1. The first-order valence-corrected chi connectivity index (χ1v) is 7.23. The summed E-state index contributed by atoms with van der Waals surface area (Å²) in [5, 5.41) is 3.46. The van der Waals surface area contributed by atoms with Crippen molar-refractivity contribution in [2.24, 2.45) is 0 Å². The van der Waals surface area contributed by atoms with Crippen LogP contribution in [0.25, 0.3) is 0 Å². The zero-order valence-corrected chi connectivity index (χ0v) is 12.4. The summed E-state index contributed by atoms with van der Waals surface area (Å²) in [5.41, 5.74) is 3.76. The van der Waals surface area contributed by atoms with Crippen molar-refractivity contribution in [2.45, 2.75) is 13.5 Å². The van der Waals surface area contributed by atoms with Gasteiger partial charge in [-0.15, -0.1) is 0 Å². The zero-order chi connectivity index (χ0) is 13.2. The molecule has 0 aliphatic carbocycles. The average Bonchev–Trinajstić information content (AvgIpc) is 2.61. The van der Waals surface area contributed by atoms with E-state index in [0.29, 0.717) is 0 Å². The summed E-state index contributed by atoms with van der Waals surface area (Å²) in [6, 6.07) is 10.6. The van der Waals surface area contributed by atoms with Crippen LogP contribution in [-0.2, 0) is 6.54 Å². The van der Waals surface area contributed by atoms with Crippen LogP contribution in [0.1, 0.15) is 11.1 Å². The van der Waals surface area contributed by atoms with Gasteiger partial charge < -0.3 is 10.2 Å². The molecule has 2 heterocycles. The Balaban J connectivity index is 2.09. The molecule has 19 heavy (non-hydrogen) atoms. The molecule has 0 spiro atoms. The van der Waals surface area contributed by atoms with Crippen LogP contribution in [0.4, 0.5) is 11.5 Å². The molecule has 0 saturated heterocycles. The maximum Gasteiger partial charge on any atom is 0.135 e. The van der Waals surface area contributed by atoms with Crippen molar-refractivity contribution in [2.75, 3.05) is 18.0 Å². The van der Waals surface area contributed by atoms with Gasteiger partial charge in [-0.25, -0.2) is 4.98 Å². The molecule has 1 aliphatic heterocycles. The zero-order valence-electron chi connectivity index (χ0n) is 10.9. The van der Waals surface area contributed by atoms with E-state index in [-0.39, 0.29) is 0 Å². The number of nitrogens with zero attached hydrogens (tertiary/aromatic N) is 2. The summed E-state index contributed by atoms with van der Waals surface area (Å²) in [5.74, 6) is 1.04. The van der Waals surface area contributed by atoms with Crippen molar-refractivity contribution in [1.29, 1.82) is 0 Å². The first kappa shape index (κ1) is 12.6. The monoisotopic (exact) mass is 317 g/mol. The van der Waals surface area contributed by atoms with Gasteiger partial charge in [-0.2, -0.15) is 0 Å². The van der Waals surface area contributed by atoms with Crippen LogP contribution >= 0.6 is 15.9 Å². The molecule has 0 saturated carbocycles. The third kappa shape index (κ3) is 2.51. The molecule has 0 fully saturated rings. The summed E-state index contributed by atoms with van der Waals surface area (Å²) in [6.07, 6.45) is 1.86. The standard InChI is InChI=1S/C15H16BrN3/c1-11-8-13(16)10-18-15(11)19-7-6-17-9-12-4-2-3-5-14(12)19/h2-5,8,10,17H,6-7,9H2,1H3. The third-order valence-corrected chi connectivity index (χ3v) is 3.82. The van der Waals surface area contributed by atoms with E-state index in [2.05, 4.69) is 68.4 Å². The summed E-state index contributed by atoms with van der Waals surface area (Å²) >= 11 is 3.47. The molecule has 0 amide bonds. The van der Waals surface area contributed by atoms with Crippen molar-refractivity contribution in [3.05, 3.63) is 52.1 Å². The predicted octanol–water partition coefficient (Wildman–Crippen LogP) is 3.39. The minimum Gasteiger partial charge on any atom is -0.325 e. The number of para-hydroxylation sites is 1. The molecule has 1 aliphatic rings. The van der Waals surface area contributed by atoms with E-state index in [1.54, 1.807) is 0 Å². The molecular formula is C15H16BrN3. The lowest BCUT2D eigenvalue weighted by molar-refractivity contribution is 0.710. The normalized spacial score (nSPS) is 14.9. The van der Waals surface area contributed by atoms with Crippen molar-refractivity contribution in [3.63, 3.8) is 0 Å². The molecule has 1 aromatic carbocycles. The Hall–Kier alpha value is -1.39. The highest BCUT2D eigenvalue weighted by molar-refractivity contribution is 9.10. The van der Waals surface area contributed by atoms with E-state index < -0.39 is 0 Å². The Kier molecular flexibility index (Phi) is 3.53. The maximum atomic E-state index is 4.59. The van der Waals surface area contributed by atoms with Gasteiger partial charge >= 0.3 is 0 Å². The Bertz CT molecular complexity index is 598. The van der Waals surface area contributed by atoms with Crippen LogP contribution in [0.2, 0.25) is 0 Å². The van der Waals surface area contributed by atoms with Crippen LogP contribution in [0.5, 0.6) is 0 Å². The number of anilines is 2. The molecule has 0 unspecified atom stereocenters. The predicted molar refractivity (Wildman–Crippen MR) is 81.8 cm³/mol. The third-order valence-electron chi connectivity index (χ3n) is 3.38. The van der Waals surface area contributed by atoms with Crippen molar-refractivity contribution in [3.8, 4) is 0 Å². The molecule has 0 atom stereocenters. The number of rotatable bonds is 1. The number of halogens is 1. The van der Waals surface area contributed by atoms with Crippen molar-refractivity contribution in [1.82, 2.24) is 10.3 Å². The second-order valence-electron chi connectivity index (χ2n) is 4.75. The Morgan fingerprint density at radius 2 is 2.16 bits per heavy atom. The van der Waals surface area contributed by atoms with E-state index >= 15 is 0 Å². The molecule has 98 valence electrons. The number of hydrogen-bond donors (Lipinski definition) is 1. The second kappa shape index (κ2) is 5.31. The highest BCUT2D eigenvalue weighted by atomic mass is 79.9. The van der Waals surface area contributed by atoms with Gasteiger partial charge in [0.2, 0.25) is 0 Å². The molecular weight excluding hydrogens is 302 g/mol. The number of aryl methyl sites for hydroxylation is 1. The van der Waals surface area contributed by atoms with Crippen LogP contribution in [0.15, 0.2) is 41.0 Å². The number of hydrogen-bond acceptors (Lipinski definition) is 3. The molecule has 2 aromatic rings. The summed E-state index contributed by atoms with van der Waals surface area (Å²) in [4.78, 5) is 6.90. The van der Waals surface area contributed by atoms with E-state index in [9.17, 15) is 0 Å². The van der Waals surface area contributed by atoms with Gasteiger partial charge in [0.25, 0.3) is 0 Å². The van der Waals surface area contributed by atoms with Gasteiger partial charge in [-0.1, -0.05) is 18.2 Å². The van der Waals surface area contributed by atoms with E-state index in [1.165, 1.54) is 16.8 Å². The van der Waals surface area contributed by atoms with Gasteiger partial charge in [-0.3, -0.25) is 0 Å². The van der Waals surface area contributed by atoms with Crippen LogP contribution in [-0.4, -0.2) is 18.1 Å². The number of benzene rings is 1. The van der Waals surface area contributed by atoms with E-state index in [4.69, 9.17) is 0 Å². The van der Waals surface area contributed by atoms with E-state index in [0.717, 1.165) is 29.9 Å². The summed E-state index contributed by atoms with van der Waals surface area (Å²) in [7, 11) is 0. The maximum absolute atomic E-state index is 4.59. The Morgan fingerprint density at radius 1 is 1.32 bits per heavy atom. The average molecular weight is 318 g/mol. The number of aromatic nitrogens is 1.